The highest BCUT2D eigenvalue weighted by Crippen LogP contribution is 2.23. The molecule has 5 heteroatoms. The molecule has 0 fully saturated rings. The van der Waals surface area contributed by atoms with Crippen molar-refractivity contribution >= 4 is 11.3 Å². The van der Waals surface area contributed by atoms with Crippen molar-refractivity contribution in [2.24, 2.45) is 5.73 Å². The molecule has 2 N–H and O–H groups in total. The fraction of sp³-hybridized carbons (Fsp3) is 0.455. The predicted molar refractivity (Wildman–Crippen MR) is 65.4 cm³/mol. The lowest BCUT2D eigenvalue weighted by atomic mass is 10.2. The fourth-order valence-corrected chi connectivity index (χ4v) is 2.46. The molecule has 4 nitrogen and oxygen atoms in total. The van der Waals surface area contributed by atoms with Crippen LogP contribution in [0.15, 0.2) is 18.6 Å². The number of thiazole rings is 1. The van der Waals surface area contributed by atoms with Crippen LogP contribution in [0.3, 0.4) is 0 Å². The SMILES string of the molecule is CCCn1ccnc1C(N)c1cnc(C)s1. The first-order valence-electron chi connectivity index (χ1n) is 5.41. The van der Waals surface area contributed by atoms with E-state index >= 15 is 0 Å². The van der Waals surface area contributed by atoms with Gasteiger partial charge in [0.2, 0.25) is 0 Å². The van der Waals surface area contributed by atoms with Gasteiger partial charge in [0, 0.05) is 30.0 Å². The number of rotatable bonds is 4. The number of nitrogens with two attached hydrogens (primary N) is 1. The van der Waals surface area contributed by atoms with E-state index in [1.165, 1.54) is 0 Å². The Morgan fingerprint density at radius 1 is 1.50 bits per heavy atom. The number of aromatic nitrogens is 3. The van der Waals surface area contributed by atoms with Crippen molar-refractivity contribution in [3.8, 4) is 0 Å². The highest BCUT2D eigenvalue weighted by molar-refractivity contribution is 7.11. The molecule has 0 radical (unpaired) electrons. The van der Waals surface area contributed by atoms with Gasteiger partial charge in [0.1, 0.15) is 5.82 Å². The molecule has 0 saturated carbocycles. The Kier molecular flexibility index (Phi) is 3.36. The third-order valence-electron chi connectivity index (χ3n) is 2.44. The van der Waals surface area contributed by atoms with E-state index in [2.05, 4.69) is 21.5 Å². The molecule has 16 heavy (non-hydrogen) atoms. The van der Waals surface area contributed by atoms with Crippen molar-refractivity contribution < 1.29 is 0 Å². The summed E-state index contributed by atoms with van der Waals surface area (Å²) in [5, 5.41) is 1.04. The van der Waals surface area contributed by atoms with E-state index in [0.717, 1.165) is 28.7 Å². The molecule has 0 saturated heterocycles. The van der Waals surface area contributed by atoms with Gasteiger partial charge in [-0.25, -0.2) is 9.97 Å². The van der Waals surface area contributed by atoms with Crippen LogP contribution in [-0.2, 0) is 6.54 Å². The topological polar surface area (TPSA) is 56.7 Å². The van der Waals surface area contributed by atoms with Crippen molar-refractivity contribution in [3.63, 3.8) is 0 Å². The van der Waals surface area contributed by atoms with Crippen molar-refractivity contribution in [3.05, 3.63) is 34.3 Å². The zero-order chi connectivity index (χ0) is 11.5. The van der Waals surface area contributed by atoms with Gasteiger partial charge in [-0.05, 0) is 13.3 Å². The van der Waals surface area contributed by atoms with Crippen molar-refractivity contribution in [1.29, 1.82) is 0 Å². The third-order valence-corrected chi connectivity index (χ3v) is 3.43. The van der Waals surface area contributed by atoms with Crippen molar-refractivity contribution in [2.75, 3.05) is 0 Å². The van der Waals surface area contributed by atoms with Gasteiger partial charge in [-0.15, -0.1) is 11.3 Å². The molecule has 2 heterocycles. The van der Waals surface area contributed by atoms with E-state index in [1.807, 2.05) is 19.3 Å². The van der Waals surface area contributed by atoms with Gasteiger partial charge >= 0.3 is 0 Å². The minimum atomic E-state index is -0.159. The van der Waals surface area contributed by atoms with E-state index in [9.17, 15) is 0 Å². The first-order valence-corrected chi connectivity index (χ1v) is 6.23. The maximum atomic E-state index is 6.19. The highest BCUT2D eigenvalue weighted by Gasteiger charge is 2.16. The summed E-state index contributed by atoms with van der Waals surface area (Å²) in [4.78, 5) is 9.63. The molecule has 0 aliphatic carbocycles. The van der Waals surface area contributed by atoms with Crippen LogP contribution in [0.1, 0.15) is 35.1 Å². The van der Waals surface area contributed by atoms with Crippen LogP contribution < -0.4 is 5.73 Å². The zero-order valence-electron chi connectivity index (χ0n) is 9.55. The van der Waals surface area contributed by atoms with Crippen molar-refractivity contribution in [1.82, 2.24) is 14.5 Å². The second-order valence-electron chi connectivity index (χ2n) is 3.74. The molecule has 86 valence electrons. The van der Waals surface area contributed by atoms with Gasteiger partial charge in [-0.1, -0.05) is 6.92 Å². The van der Waals surface area contributed by atoms with E-state index in [1.54, 1.807) is 17.5 Å². The molecule has 2 rings (SSSR count). The third kappa shape index (κ3) is 2.15. The summed E-state index contributed by atoms with van der Waals surface area (Å²) in [5.74, 6) is 0.922. The number of imidazole rings is 1. The Labute approximate surface area is 99.2 Å². The zero-order valence-corrected chi connectivity index (χ0v) is 10.4. The molecule has 2 aromatic rings. The normalized spacial score (nSPS) is 12.9. The summed E-state index contributed by atoms with van der Waals surface area (Å²) in [6.07, 6.45) is 6.71. The van der Waals surface area contributed by atoms with Gasteiger partial charge in [0.15, 0.2) is 0 Å². The van der Waals surface area contributed by atoms with Crippen LogP contribution in [-0.4, -0.2) is 14.5 Å². The summed E-state index contributed by atoms with van der Waals surface area (Å²) in [6.45, 7) is 5.09. The van der Waals surface area contributed by atoms with Crippen LogP contribution in [0.4, 0.5) is 0 Å². The fourth-order valence-electron chi connectivity index (χ4n) is 1.68. The quantitative estimate of drug-likeness (QED) is 0.884. The first-order chi connectivity index (χ1) is 7.72. The number of hydrogen-bond acceptors (Lipinski definition) is 4. The molecule has 1 unspecified atom stereocenters. The summed E-state index contributed by atoms with van der Waals surface area (Å²) < 4.78 is 2.11. The van der Waals surface area contributed by atoms with Crippen molar-refractivity contribution in [2.45, 2.75) is 32.9 Å². The van der Waals surface area contributed by atoms with Gasteiger partial charge in [0.25, 0.3) is 0 Å². The highest BCUT2D eigenvalue weighted by atomic mass is 32.1. The minimum Gasteiger partial charge on any atom is -0.333 e. The smallest absolute Gasteiger partial charge is 0.131 e. The lowest BCUT2D eigenvalue weighted by Crippen LogP contribution is -2.16. The van der Waals surface area contributed by atoms with E-state index < -0.39 is 0 Å². The van der Waals surface area contributed by atoms with Gasteiger partial charge in [0.05, 0.1) is 11.0 Å². The Balaban J connectivity index is 2.26. The summed E-state index contributed by atoms with van der Waals surface area (Å²) >= 11 is 1.63. The molecular weight excluding hydrogens is 220 g/mol. The summed E-state index contributed by atoms with van der Waals surface area (Å²) in [7, 11) is 0. The Morgan fingerprint density at radius 2 is 2.31 bits per heavy atom. The second kappa shape index (κ2) is 4.76. The average molecular weight is 236 g/mol. The second-order valence-corrected chi connectivity index (χ2v) is 5.00. The molecule has 0 spiro atoms. The van der Waals surface area contributed by atoms with Crippen LogP contribution in [0, 0.1) is 6.92 Å². The van der Waals surface area contributed by atoms with E-state index in [0.29, 0.717) is 0 Å². The van der Waals surface area contributed by atoms with Crippen LogP contribution in [0.5, 0.6) is 0 Å². The lowest BCUT2D eigenvalue weighted by molar-refractivity contribution is 0.615. The maximum Gasteiger partial charge on any atom is 0.131 e. The molecule has 0 aliphatic heterocycles. The number of nitrogens with zero attached hydrogens (tertiary/aromatic N) is 3. The lowest BCUT2D eigenvalue weighted by Gasteiger charge is -2.11. The minimum absolute atomic E-state index is 0.159. The Morgan fingerprint density at radius 3 is 2.94 bits per heavy atom. The van der Waals surface area contributed by atoms with Gasteiger partial charge in [-0.2, -0.15) is 0 Å². The Hall–Kier alpha value is -1.20. The summed E-state index contributed by atoms with van der Waals surface area (Å²) in [5.41, 5.74) is 6.19. The average Bonchev–Trinajstić information content (AvgIpc) is 2.87. The molecular formula is C11H16N4S. The van der Waals surface area contributed by atoms with Gasteiger partial charge < -0.3 is 10.3 Å². The molecule has 0 aliphatic rings. The molecule has 0 aromatic carbocycles. The molecule has 2 aromatic heterocycles. The standard InChI is InChI=1S/C11H16N4S/c1-3-5-15-6-4-13-11(15)10(12)9-7-14-8(2)16-9/h4,6-7,10H,3,5,12H2,1-2H3. The maximum absolute atomic E-state index is 6.19. The monoisotopic (exact) mass is 236 g/mol. The summed E-state index contributed by atoms with van der Waals surface area (Å²) in [6, 6.07) is -0.159. The molecule has 1 atom stereocenters. The number of hydrogen-bond donors (Lipinski definition) is 1. The molecule has 0 amide bonds. The molecule has 0 bridgehead atoms. The van der Waals surface area contributed by atoms with E-state index in [4.69, 9.17) is 5.73 Å². The predicted octanol–water partition coefficient (Wildman–Crippen LogP) is 2.11. The van der Waals surface area contributed by atoms with Gasteiger partial charge in [-0.3, -0.25) is 0 Å². The first kappa shape index (κ1) is 11.3. The Bertz CT molecular complexity index is 460. The number of aryl methyl sites for hydroxylation is 2. The van der Waals surface area contributed by atoms with E-state index in [-0.39, 0.29) is 6.04 Å². The van der Waals surface area contributed by atoms with Crippen LogP contribution in [0.25, 0.3) is 0 Å². The van der Waals surface area contributed by atoms with Crippen LogP contribution in [0.2, 0.25) is 0 Å². The van der Waals surface area contributed by atoms with Crippen LogP contribution >= 0.6 is 11.3 Å². The largest absolute Gasteiger partial charge is 0.333 e.